The number of H-pyrrole nitrogens is 1. The lowest BCUT2D eigenvalue weighted by Crippen LogP contribution is -2.34. The van der Waals surface area contributed by atoms with Gasteiger partial charge in [0.05, 0.1) is 6.07 Å². The van der Waals surface area contributed by atoms with Crippen LogP contribution < -0.4 is 16.9 Å². The zero-order valence-electron chi connectivity index (χ0n) is 7.93. The van der Waals surface area contributed by atoms with Crippen LogP contribution in [-0.4, -0.2) is 26.6 Å². The van der Waals surface area contributed by atoms with E-state index in [9.17, 15) is 9.59 Å². The Morgan fingerprint density at radius 3 is 3.00 bits per heavy atom. The maximum Gasteiger partial charge on any atom is 0.339 e. The Morgan fingerprint density at radius 2 is 2.40 bits per heavy atom. The second-order valence-electron chi connectivity index (χ2n) is 2.75. The van der Waals surface area contributed by atoms with Gasteiger partial charge in [-0.05, 0) is 0 Å². The first-order chi connectivity index (χ1) is 7.04. The number of aromatic nitrogens is 3. The normalized spacial score (nSPS) is 12.1. The molecule has 0 fully saturated rings. The summed E-state index contributed by atoms with van der Waals surface area (Å²) in [6, 6.07) is 1.22. The Kier molecular flexibility index (Phi) is 3.65. The SMILES string of the molecule is Cn1[nH]c(=O)c(=O)nc1SCC(N)C#N. The molecule has 1 rings (SSSR count). The topological polar surface area (TPSA) is 118 Å². The maximum absolute atomic E-state index is 10.9. The first-order valence-electron chi connectivity index (χ1n) is 4.00. The van der Waals surface area contributed by atoms with Crippen molar-refractivity contribution in [3.05, 3.63) is 20.7 Å². The molecular formula is C7H9N5O2S. The van der Waals surface area contributed by atoms with Gasteiger partial charge in [-0.2, -0.15) is 10.2 Å². The highest BCUT2D eigenvalue weighted by Crippen LogP contribution is 2.11. The lowest BCUT2D eigenvalue weighted by Gasteiger charge is -2.05. The van der Waals surface area contributed by atoms with Crippen LogP contribution in [-0.2, 0) is 7.05 Å². The molecule has 0 saturated carbocycles. The number of hydrogen-bond donors (Lipinski definition) is 2. The molecule has 1 aromatic heterocycles. The van der Waals surface area contributed by atoms with Crippen molar-refractivity contribution in [2.75, 3.05) is 5.75 Å². The van der Waals surface area contributed by atoms with E-state index in [0.717, 1.165) is 11.8 Å². The summed E-state index contributed by atoms with van der Waals surface area (Å²) < 4.78 is 1.32. The van der Waals surface area contributed by atoms with Crippen LogP contribution in [0.15, 0.2) is 14.7 Å². The first kappa shape index (κ1) is 11.5. The summed E-state index contributed by atoms with van der Waals surface area (Å²) in [5.41, 5.74) is 3.75. The number of rotatable bonds is 3. The maximum atomic E-state index is 10.9. The van der Waals surface area contributed by atoms with Crippen LogP contribution in [0.1, 0.15) is 0 Å². The summed E-state index contributed by atoms with van der Waals surface area (Å²) in [7, 11) is 1.55. The van der Waals surface area contributed by atoms with E-state index < -0.39 is 17.2 Å². The fourth-order valence-electron chi connectivity index (χ4n) is 0.791. The lowest BCUT2D eigenvalue weighted by atomic mass is 10.4. The van der Waals surface area contributed by atoms with Crippen LogP contribution in [0.25, 0.3) is 0 Å². The number of aryl methyl sites for hydroxylation is 1. The van der Waals surface area contributed by atoms with Gasteiger partial charge in [0, 0.05) is 12.8 Å². The molecule has 0 radical (unpaired) electrons. The molecule has 80 valence electrons. The first-order valence-corrected chi connectivity index (χ1v) is 4.98. The molecule has 3 N–H and O–H groups in total. The second-order valence-corrected chi connectivity index (χ2v) is 3.73. The van der Waals surface area contributed by atoms with Crippen molar-refractivity contribution in [1.82, 2.24) is 14.8 Å². The average Bonchev–Trinajstić information content (AvgIpc) is 2.21. The van der Waals surface area contributed by atoms with Crippen molar-refractivity contribution in [1.29, 1.82) is 5.26 Å². The van der Waals surface area contributed by atoms with Gasteiger partial charge in [-0.3, -0.25) is 19.4 Å². The molecule has 0 amide bonds. The van der Waals surface area contributed by atoms with Gasteiger partial charge in [-0.25, -0.2) is 0 Å². The number of aromatic amines is 1. The third-order valence-electron chi connectivity index (χ3n) is 1.51. The Bertz CT molecular complexity index is 499. The Hall–Kier alpha value is -1.59. The lowest BCUT2D eigenvalue weighted by molar-refractivity contribution is 0.596. The van der Waals surface area contributed by atoms with Crippen molar-refractivity contribution in [2.24, 2.45) is 12.8 Å². The van der Waals surface area contributed by atoms with Gasteiger partial charge in [0.15, 0.2) is 5.16 Å². The number of nitrogens with zero attached hydrogens (tertiary/aromatic N) is 3. The molecule has 8 heteroatoms. The number of nitrogens with one attached hydrogen (secondary N) is 1. The molecule has 15 heavy (non-hydrogen) atoms. The van der Waals surface area contributed by atoms with E-state index >= 15 is 0 Å². The standard InChI is InChI=1S/C7H9N5O2S/c1-12-7(15-3-4(9)2-8)10-5(13)6(14)11-12/h4H,3,9H2,1H3,(H,11,14). The number of nitrogens with two attached hydrogens (primary N) is 1. The fraction of sp³-hybridized carbons (Fsp3) is 0.429. The summed E-state index contributed by atoms with van der Waals surface area (Å²) in [5, 5.41) is 11.1. The monoisotopic (exact) mass is 227 g/mol. The Labute approximate surface area is 88.9 Å². The van der Waals surface area contributed by atoms with E-state index in [1.165, 1.54) is 4.68 Å². The average molecular weight is 227 g/mol. The molecule has 0 aliphatic heterocycles. The van der Waals surface area contributed by atoms with Crippen LogP contribution in [0.5, 0.6) is 0 Å². The van der Waals surface area contributed by atoms with Gasteiger partial charge in [0.1, 0.15) is 6.04 Å². The van der Waals surface area contributed by atoms with Crippen LogP contribution in [0.2, 0.25) is 0 Å². The molecule has 0 bridgehead atoms. The molecule has 1 aromatic rings. The minimum Gasteiger partial charge on any atom is -0.315 e. The zero-order chi connectivity index (χ0) is 11.4. The largest absolute Gasteiger partial charge is 0.339 e. The summed E-state index contributed by atoms with van der Waals surface area (Å²) in [4.78, 5) is 25.3. The molecule has 0 aliphatic rings. The molecule has 0 aromatic carbocycles. The zero-order valence-corrected chi connectivity index (χ0v) is 8.74. The summed E-state index contributed by atoms with van der Waals surface area (Å²) >= 11 is 1.14. The highest BCUT2D eigenvalue weighted by atomic mass is 32.2. The number of thioether (sulfide) groups is 1. The van der Waals surface area contributed by atoms with Gasteiger partial charge < -0.3 is 5.73 Å². The third-order valence-corrected chi connectivity index (χ3v) is 2.65. The van der Waals surface area contributed by atoms with Crippen LogP contribution in [0.4, 0.5) is 0 Å². The van der Waals surface area contributed by atoms with E-state index in [1.54, 1.807) is 7.05 Å². The molecule has 0 spiro atoms. The summed E-state index contributed by atoms with van der Waals surface area (Å²) in [5.74, 6) is 0.308. The van der Waals surface area contributed by atoms with Crippen molar-refractivity contribution in [3.63, 3.8) is 0 Å². The van der Waals surface area contributed by atoms with E-state index in [-0.39, 0.29) is 0 Å². The smallest absolute Gasteiger partial charge is 0.315 e. The summed E-state index contributed by atoms with van der Waals surface area (Å²) in [6.45, 7) is 0. The van der Waals surface area contributed by atoms with Crippen LogP contribution in [0.3, 0.4) is 0 Å². The second kappa shape index (κ2) is 4.77. The van der Waals surface area contributed by atoms with Crippen LogP contribution >= 0.6 is 11.8 Å². The Balaban J connectivity index is 2.88. The van der Waals surface area contributed by atoms with Gasteiger partial charge in [0.2, 0.25) is 0 Å². The minimum absolute atomic E-state index is 0.308. The van der Waals surface area contributed by atoms with Crippen molar-refractivity contribution < 1.29 is 0 Å². The molecular weight excluding hydrogens is 218 g/mol. The molecule has 1 heterocycles. The van der Waals surface area contributed by atoms with Crippen LogP contribution in [0, 0.1) is 11.3 Å². The van der Waals surface area contributed by atoms with Crippen molar-refractivity contribution in [2.45, 2.75) is 11.2 Å². The molecule has 0 aliphatic carbocycles. The molecule has 0 saturated heterocycles. The fourth-order valence-corrected chi connectivity index (χ4v) is 1.58. The highest BCUT2D eigenvalue weighted by molar-refractivity contribution is 7.99. The Morgan fingerprint density at radius 1 is 1.73 bits per heavy atom. The van der Waals surface area contributed by atoms with Gasteiger partial charge in [-0.15, -0.1) is 0 Å². The van der Waals surface area contributed by atoms with Gasteiger partial charge in [-0.1, -0.05) is 11.8 Å². The van der Waals surface area contributed by atoms with E-state index in [0.29, 0.717) is 10.9 Å². The van der Waals surface area contributed by atoms with E-state index in [2.05, 4.69) is 10.1 Å². The number of nitriles is 1. The van der Waals surface area contributed by atoms with Crippen molar-refractivity contribution >= 4 is 11.8 Å². The third kappa shape index (κ3) is 2.93. The molecule has 1 atom stereocenters. The predicted molar refractivity (Wildman–Crippen MR) is 54.4 cm³/mol. The summed E-state index contributed by atoms with van der Waals surface area (Å²) in [6.07, 6.45) is 0. The molecule has 7 nitrogen and oxygen atoms in total. The predicted octanol–water partition coefficient (Wildman–Crippen LogP) is -1.59. The van der Waals surface area contributed by atoms with Gasteiger partial charge >= 0.3 is 11.1 Å². The van der Waals surface area contributed by atoms with Gasteiger partial charge in [0.25, 0.3) is 0 Å². The number of hydrogen-bond acceptors (Lipinski definition) is 6. The van der Waals surface area contributed by atoms with Crippen molar-refractivity contribution in [3.8, 4) is 6.07 Å². The van der Waals surface area contributed by atoms with E-state index in [4.69, 9.17) is 11.0 Å². The highest BCUT2D eigenvalue weighted by Gasteiger charge is 2.07. The quantitative estimate of drug-likeness (QED) is 0.475. The minimum atomic E-state index is -0.846. The molecule has 1 unspecified atom stereocenters. The van der Waals surface area contributed by atoms with E-state index in [1.807, 2.05) is 6.07 Å².